The predicted molar refractivity (Wildman–Crippen MR) is 105 cm³/mol. The number of hydrogen-bond acceptors (Lipinski definition) is 8. The molecule has 0 aromatic carbocycles. The Balaban J connectivity index is 2.47. The summed E-state index contributed by atoms with van der Waals surface area (Å²) in [6.07, 6.45) is 0.425. The molecule has 1 aromatic rings. The molecule has 11 heteroatoms. The molecule has 0 bridgehead atoms. The zero-order chi connectivity index (χ0) is 20.6. The van der Waals surface area contributed by atoms with E-state index < -0.39 is 24.1 Å². The lowest BCUT2D eigenvalue weighted by Gasteiger charge is -2.23. The Kier molecular flexibility index (Phi) is 8.59. The molecule has 0 aliphatic heterocycles. The van der Waals surface area contributed by atoms with Crippen LogP contribution in [0.5, 0.6) is 0 Å². The Morgan fingerprint density at radius 3 is 2.67 bits per heavy atom. The number of carbonyl (C=O) groups is 3. The summed E-state index contributed by atoms with van der Waals surface area (Å²) in [7, 11) is 2.80. The van der Waals surface area contributed by atoms with Gasteiger partial charge in [0.1, 0.15) is 16.9 Å². The Labute approximate surface area is 161 Å². The number of aliphatic imine (C=N–C) groups is 1. The van der Waals surface area contributed by atoms with Crippen LogP contribution in [0, 0.1) is 0 Å². The molecule has 0 fully saturated rings. The van der Waals surface area contributed by atoms with Crippen molar-refractivity contribution in [3.05, 3.63) is 28.7 Å². The number of amides is 4. The average Bonchev–Trinajstić information content (AvgIpc) is 3.08. The summed E-state index contributed by atoms with van der Waals surface area (Å²) < 4.78 is 0. The summed E-state index contributed by atoms with van der Waals surface area (Å²) in [5.74, 6) is -0.891. The van der Waals surface area contributed by atoms with Crippen molar-refractivity contribution in [1.29, 1.82) is 0 Å². The normalized spacial score (nSPS) is 11.9. The van der Waals surface area contributed by atoms with Crippen LogP contribution in [0.1, 0.15) is 16.6 Å². The fourth-order valence-electron chi connectivity index (χ4n) is 1.96. The van der Waals surface area contributed by atoms with Crippen molar-refractivity contribution in [2.45, 2.75) is 13.2 Å². The number of imide groups is 1. The van der Waals surface area contributed by atoms with Gasteiger partial charge in [-0.25, -0.2) is 9.79 Å². The summed E-state index contributed by atoms with van der Waals surface area (Å²) in [6.45, 7) is 5.14. The molecule has 1 rings (SSSR count). The molecule has 1 unspecified atom stereocenters. The van der Waals surface area contributed by atoms with E-state index in [-0.39, 0.29) is 18.9 Å². The van der Waals surface area contributed by atoms with E-state index in [9.17, 15) is 19.5 Å². The van der Waals surface area contributed by atoms with Crippen molar-refractivity contribution < 1.29 is 19.5 Å². The summed E-state index contributed by atoms with van der Waals surface area (Å²) in [4.78, 5) is 41.8. The third kappa shape index (κ3) is 6.47. The largest absolute Gasteiger partial charge is 0.372 e. The lowest BCUT2D eigenvalue weighted by Crippen LogP contribution is -2.46. The van der Waals surface area contributed by atoms with Crippen molar-refractivity contribution in [2.75, 3.05) is 32.5 Å². The zero-order valence-corrected chi connectivity index (χ0v) is 16.2. The summed E-state index contributed by atoms with van der Waals surface area (Å²) >= 11 is 1.16. The van der Waals surface area contributed by atoms with Crippen LogP contribution in [-0.4, -0.2) is 72.4 Å². The second-order valence-corrected chi connectivity index (χ2v) is 6.33. The van der Waals surface area contributed by atoms with Crippen LogP contribution in [0.4, 0.5) is 10.5 Å². The molecule has 0 saturated carbocycles. The molecule has 27 heavy (non-hydrogen) atoms. The lowest BCUT2D eigenvalue weighted by molar-refractivity contribution is -0.126. The quantitative estimate of drug-likeness (QED) is 0.348. The fraction of sp³-hybridized carbons (Fsp3) is 0.375. The van der Waals surface area contributed by atoms with Crippen molar-refractivity contribution in [3.8, 4) is 0 Å². The van der Waals surface area contributed by atoms with Crippen molar-refractivity contribution in [3.63, 3.8) is 0 Å². The number of aliphatic hydroxyl groups excluding tert-OH is 1. The van der Waals surface area contributed by atoms with Gasteiger partial charge >= 0.3 is 6.03 Å². The minimum Gasteiger partial charge on any atom is -0.372 e. The standard InChI is InChI=1S/C16H24N6O4S/c1-5-19-10(2)21(3)16(26)22(4)13(24)9-18-8-12(23)20-11-6-7-27-14(11)15(17)25/h5-7,12,18,20,23H,2,8-9H2,1,3-4H3,(H2,17,25). The van der Waals surface area contributed by atoms with Gasteiger partial charge in [-0.15, -0.1) is 11.3 Å². The van der Waals surface area contributed by atoms with Gasteiger partial charge in [-0.05, 0) is 18.4 Å². The molecule has 148 valence electrons. The first-order chi connectivity index (χ1) is 12.7. The number of urea groups is 1. The van der Waals surface area contributed by atoms with Gasteiger partial charge in [-0.3, -0.25) is 19.4 Å². The zero-order valence-electron chi connectivity index (χ0n) is 15.4. The number of nitrogens with one attached hydrogen (secondary N) is 2. The minimum absolute atomic E-state index is 0.00446. The van der Waals surface area contributed by atoms with Gasteiger partial charge in [-0.2, -0.15) is 0 Å². The van der Waals surface area contributed by atoms with Gasteiger partial charge < -0.3 is 21.5 Å². The number of likely N-dealkylation sites (N-methyl/N-ethyl adjacent to an activating group) is 1. The maximum Gasteiger partial charge on any atom is 0.331 e. The third-order valence-corrected chi connectivity index (χ3v) is 4.37. The molecule has 1 atom stereocenters. The van der Waals surface area contributed by atoms with E-state index in [1.54, 1.807) is 18.4 Å². The number of hydrogen-bond donors (Lipinski definition) is 4. The summed E-state index contributed by atoms with van der Waals surface area (Å²) in [5, 5.41) is 17.1. The Morgan fingerprint density at radius 1 is 1.41 bits per heavy atom. The van der Waals surface area contributed by atoms with Crippen LogP contribution in [0.2, 0.25) is 0 Å². The predicted octanol–water partition coefficient (Wildman–Crippen LogP) is 0.239. The molecular formula is C16H24N6O4S. The number of rotatable bonds is 9. The fourth-order valence-corrected chi connectivity index (χ4v) is 2.67. The highest BCUT2D eigenvalue weighted by molar-refractivity contribution is 7.12. The van der Waals surface area contributed by atoms with Crippen LogP contribution >= 0.6 is 11.3 Å². The number of anilines is 1. The van der Waals surface area contributed by atoms with Crippen LogP contribution < -0.4 is 16.4 Å². The van der Waals surface area contributed by atoms with E-state index in [0.29, 0.717) is 10.6 Å². The topological polar surface area (TPSA) is 140 Å². The molecule has 1 aromatic heterocycles. The molecule has 0 spiro atoms. The molecule has 0 saturated heterocycles. The van der Waals surface area contributed by atoms with Crippen molar-refractivity contribution in [2.24, 2.45) is 10.7 Å². The molecule has 0 aliphatic carbocycles. The van der Waals surface area contributed by atoms with Gasteiger partial charge in [0, 0.05) is 26.9 Å². The second-order valence-electron chi connectivity index (χ2n) is 5.42. The van der Waals surface area contributed by atoms with Crippen molar-refractivity contribution in [1.82, 2.24) is 15.1 Å². The summed E-state index contributed by atoms with van der Waals surface area (Å²) in [5.41, 5.74) is 5.65. The van der Waals surface area contributed by atoms with Crippen LogP contribution in [0.3, 0.4) is 0 Å². The number of carbonyl (C=O) groups excluding carboxylic acids is 3. The molecule has 0 radical (unpaired) electrons. The maximum absolute atomic E-state index is 12.2. The maximum atomic E-state index is 12.2. The van der Waals surface area contributed by atoms with E-state index in [0.717, 1.165) is 21.1 Å². The Hall–Kier alpha value is -2.76. The van der Waals surface area contributed by atoms with Crippen LogP contribution in [0.15, 0.2) is 28.8 Å². The Morgan fingerprint density at radius 2 is 2.07 bits per heavy atom. The molecule has 4 amide bonds. The van der Waals surface area contributed by atoms with Gasteiger partial charge in [0.05, 0.1) is 12.2 Å². The van der Waals surface area contributed by atoms with Gasteiger partial charge in [0.15, 0.2) is 0 Å². The second kappa shape index (κ2) is 10.4. The lowest BCUT2D eigenvalue weighted by atomic mass is 10.3. The smallest absolute Gasteiger partial charge is 0.331 e. The van der Waals surface area contributed by atoms with E-state index in [4.69, 9.17) is 5.73 Å². The van der Waals surface area contributed by atoms with Crippen LogP contribution in [0.25, 0.3) is 0 Å². The Bertz CT molecular complexity index is 732. The average molecular weight is 396 g/mol. The molecule has 10 nitrogen and oxygen atoms in total. The monoisotopic (exact) mass is 396 g/mol. The number of nitrogens with two attached hydrogens (primary N) is 1. The van der Waals surface area contributed by atoms with E-state index in [2.05, 4.69) is 22.2 Å². The van der Waals surface area contributed by atoms with Crippen LogP contribution in [-0.2, 0) is 4.79 Å². The number of thiophene rings is 1. The SMILES string of the molecule is C=C(N=CC)N(C)C(=O)N(C)C(=O)CNCC(O)Nc1ccsc1C(N)=O. The summed E-state index contributed by atoms with van der Waals surface area (Å²) in [6, 6.07) is 1.04. The highest BCUT2D eigenvalue weighted by atomic mass is 32.1. The highest BCUT2D eigenvalue weighted by Gasteiger charge is 2.22. The number of aliphatic hydroxyl groups is 1. The van der Waals surface area contributed by atoms with E-state index in [1.807, 2.05) is 0 Å². The van der Waals surface area contributed by atoms with Gasteiger partial charge in [-0.1, -0.05) is 6.58 Å². The van der Waals surface area contributed by atoms with Crippen molar-refractivity contribution >= 4 is 41.1 Å². The third-order valence-electron chi connectivity index (χ3n) is 3.44. The van der Waals surface area contributed by atoms with Gasteiger partial charge in [0.25, 0.3) is 5.91 Å². The number of primary amides is 1. The molecular weight excluding hydrogens is 372 g/mol. The highest BCUT2D eigenvalue weighted by Crippen LogP contribution is 2.21. The van der Waals surface area contributed by atoms with Gasteiger partial charge in [0.2, 0.25) is 5.91 Å². The molecule has 5 N–H and O–H groups in total. The first kappa shape index (κ1) is 22.3. The van der Waals surface area contributed by atoms with E-state index in [1.165, 1.54) is 20.3 Å². The molecule has 0 aliphatic rings. The number of nitrogens with zero attached hydrogens (tertiary/aromatic N) is 3. The molecule has 1 heterocycles. The first-order valence-electron chi connectivity index (χ1n) is 7.93. The minimum atomic E-state index is -1.06. The van der Waals surface area contributed by atoms with E-state index >= 15 is 0 Å². The first-order valence-corrected chi connectivity index (χ1v) is 8.81.